The monoisotopic (exact) mass is 372 g/mol. The molecule has 0 spiro atoms. The van der Waals surface area contributed by atoms with Crippen molar-refractivity contribution in [1.82, 2.24) is 15.2 Å². The minimum Gasteiger partial charge on any atom is -0.368 e. The Hall–Kier alpha value is -2.41. The van der Waals surface area contributed by atoms with Gasteiger partial charge in [-0.3, -0.25) is 14.6 Å². The molecule has 7 heteroatoms. The van der Waals surface area contributed by atoms with Crippen LogP contribution in [0.25, 0.3) is 0 Å². The number of rotatable bonds is 5. The van der Waals surface area contributed by atoms with Crippen LogP contribution in [0.1, 0.15) is 23.5 Å². The summed E-state index contributed by atoms with van der Waals surface area (Å²) in [6, 6.07) is 7.07. The molecule has 0 saturated carbocycles. The molecule has 1 fully saturated rings. The van der Waals surface area contributed by atoms with Gasteiger partial charge in [0.2, 0.25) is 5.91 Å². The molecule has 1 atom stereocenters. The molecule has 1 saturated heterocycles. The summed E-state index contributed by atoms with van der Waals surface area (Å²) in [5.74, 6) is -0.147. The fourth-order valence-electron chi connectivity index (χ4n) is 3.07. The number of piperazine rings is 1. The topological polar surface area (TPSA) is 65.5 Å². The highest BCUT2D eigenvalue weighted by molar-refractivity contribution is 7.12. The molecule has 1 N–H and O–H groups in total. The van der Waals surface area contributed by atoms with E-state index in [1.807, 2.05) is 42.3 Å². The normalized spacial score (nSPS) is 15.8. The summed E-state index contributed by atoms with van der Waals surface area (Å²) in [7, 11) is 0. The summed E-state index contributed by atoms with van der Waals surface area (Å²) >= 11 is 1.38. The number of hydrogen-bond donors (Lipinski definition) is 1. The maximum atomic E-state index is 13.0. The first-order valence-electron chi connectivity index (χ1n) is 8.84. The van der Waals surface area contributed by atoms with Gasteiger partial charge < -0.3 is 15.1 Å². The van der Waals surface area contributed by atoms with Gasteiger partial charge in [0.25, 0.3) is 5.91 Å². The number of pyridine rings is 1. The first kappa shape index (κ1) is 18.4. The molecule has 0 aliphatic carbocycles. The molecule has 2 aromatic heterocycles. The lowest BCUT2D eigenvalue weighted by Gasteiger charge is -2.38. The fraction of sp³-hybridized carbons (Fsp3) is 0.421. The first-order valence-corrected chi connectivity index (χ1v) is 9.72. The third-order valence-electron chi connectivity index (χ3n) is 4.58. The second-order valence-electron chi connectivity index (χ2n) is 6.69. The number of carbonyl (C=O) groups is 2. The Labute approximate surface area is 157 Å². The van der Waals surface area contributed by atoms with E-state index in [1.165, 1.54) is 11.3 Å². The van der Waals surface area contributed by atoms with Crippen LogP contribution in [0, 0.1) is 5.92 Å². The number of amides is 2. The predicted molar refractivity (Wildman–Crippen MR) is 103 cm³/mol. The Kier molecular flexibility index (Phi) is 5.88. The van der Waals surface area contributed by atoms with Crippen LogP contribution in [0.15, 0.2) is 42.0 Å². The average molecular weight is 372 g/mol. The third-order valence-corrected chi connectivity index (χ3v) is 5.45. The Morgan fingerprint density at radius 2 is 1.81 bits per heavy atom. The zero-order valence-corrected chi connectivity index (χ0v) is 15.9. The van der Waals surface area contributed by atoms with E-state index in [0.29, 0.717) is 18.0 Å². The van der Waals surface area contributed by atoms with Crippen LogP contribution < -0.4 is 10.2 Å². The molecule has 26 heavy (non-hydrogen) atoms. The molecular formula is C19H24N4O2S. The standard InChI is InChI=1S/C19H24N4O2S/c1-14(2)17(21-18(24)16-4-3-13-26-16)19(25)23-11-9-22(10-12-23)15-5-7-20-8-6-15/h3-8,13-14,17H,9-12H2,1-2H3,(H,21,24). The summed E-state index contributed by atoms with van der Waals surface area (Å²) in [6.07, 6.45) is 3.56. The van der Waals surface area contributed by atoms with Gasteiger partial charge in [-0.25, -0.2) is 0 Å². The van der Waals surface area contributed by atoms with E-state index in [2.05, 4.69) is 15.2 Å². The lowest BCUT2D eigenvalue weighted by molar-refractivity contribution is -0.134. The molecule has 0 radical (unpaired) electrons. The van der Waals surface area contributed by atoms with Crippen molar-refractivity contribution in [2.75, 3.05) is 31.1 Å². The number of hydrogen-bond acceptors (Lipinski definition) is 5. The van der Waals surface area contributed by atoms with Gasteiger partial charge in [-0.1, -0.05) is 19.9 Å². The maximum Gasteiger partial charge on any atom is 0.262 e. The predicted octanol–water partition coefficient (Wildman–Crippen LogP) is 2.25. The molecule has 0 aromatic carbocycles. The van der Waals surface area contributed by atoms with E-state index in [-0.39, 0.29) is 17.7 Å². The lowest BCUT2D eigenvalue weighted by Crippen LogP contribution is -2.56. The van der Waals surface area contributed by atoms with Gasteiger partial charge in [-0.05, 0) is 29.5 Å². The number of anilines is 1. The van der Waals surface area contributed by atoms with Gasteiger partial charge >= 0.3 is 0 Å². The Morgan fingerprint density at radius 3 is 2.38 bits per heavy atom. The average Bonchev–Trinajstić information content (AvgIpc) is 3.21. The van der Waals surface area contributed by atoms with Gasteiger partial charge in [0, 0.05) is 44.3 Å². The number of thiophene rings is 1. The van der Waals surface area contributed by atoms with Crippen molar-refractivity contribution in [3.63, 3.8) is 0 Å². The zero-order valence-electron chi connectivity index (χ0n) is 15.1. The van der Waals surface area contributed by atoms with Gasteiger partial charge in [0.1, 0.15) is 6.04 Å². The highest BCUT2D eigenvalue weighted by Gasteiger charge is 2.31. The van der Waals surface area contributed by atoms with Crippen LogP contribution in [0.5, 0.6) is 0 Å². The Morgan fingerprint density at radius 1 is 1.12 bits per heavy atom. The maximum absolute atomic E-state index is 13.0. The fourth-order valence-corrected chi connectivity index (χ4v) is 3.70. The van der Waals surface area contributed by atoms with E-state index in [1.54, 1.807) is 18.5 Å². The molecule has 138 valence electrons. The van der Waals surface area contributed by atoms with Crippen LogP contribution in [0.4, 0.5) is 5.69 Å². The quantitative estimate of drug-likeness (QED) is 0.874. The van der Waals surface area contributed by atoms with E-state index in [4.69, 9.17) is 0 Å². The van der Waals surface area contributed by atoms with Crippen LogP contribution in [0.3, 0.4) is 0 Å². The summed E-state index contributed by atoms with van der Waals surface area (Å²) in [5.41, 5.74) is 1.12. The molecule has 6 nitrogen and oxygen atoms in total. The Balaban J connectivity index is 1.60. The van der Waals surface area contributed by atoms with Crippen LogP contribution in [-0.4, -0.2) is 53.9 Å². The Bertz CT molecular complexity index is 725. The largest absolute Gasteiger partial charge is 0.368 e. The minimum absolute atomic E-state index is 0.000663. The highest BCUT2D eigenvalue weighted by Crippen LogP contribution is 2.17. The van der Waals surface area contributed by atoms with Crippen molar-refractivity contribution in [3.8, 4) is 0 Å². The van der Waals surface area contributed by atoms with Crippen molar-refractivity contribution in [2.45, 2.75) is 19.9 Å². The second-order valence-corrected chi connectivity index (χ2v) is 7.64. The number of aromatic nitrogens is 1. The lowest BCUT2D eigenvalue weighted by atomic mass is 10.0. The van der Waals surface area contributed by atoms with Crippen molar-refractivity contribution < 1.29 is 9.59 Å². The molecule has 0 bridgehead atoms. The summed E-state index contributed by atoms with van der Waals surface area (Å²) in [5, 5.41) is 4.78. The molecule has 2 amide bonds. The third kappa shape index (κ3) is 4.22. The molecular weight excluding hydrogens is 348 g/mol. The van der Waals surface area contributed by atoms with Gasteiger partial charge in [-0.2, -0.15) is 0 Å². The van der Waals surface area contributed by atoms with E-state index in [9.17, 15) is 9.59 Å². The van der Waals surface area contributed by atoms with Crippen LogP contribution in [-0.2, 0) is 4.79 Å². The van der Waals surface area contributed by atoms with Crippen molar-refractivity contribution in [1.29, 1.82) is 0 Å². The summed E-state index contributed by atoms with van der Waals surface area (Å²) in [6.45, 7) is 6.78. The van der Waals surface area contributed by atoms with Gasteiger partial charge in [-0.15, -0.1) is 11.3 Å². The molecule has 1 aliphatic rings. The van der Waals surface area contributed by atoms with Crippen molar-refractivity contribution in [3.05, 3.63) is 46.9 Å². The molecule has 1 unspecified atom stereocenters. The molecule has 3 heterocycles. The van der Waals surface area contributed by atoms with E-state index >= 15 is 0 Å². The summed E-state index contributed by atoms with van der Waals surface area (Å²) < 4.78 is 0. The number of nitrogens with zero attached hydrogens (tertiary/aromatic N) is 3. The van der Waals surface area contributed by atoms with Crippen LogP contribution in [0.2, 0.25) is 0 Å². The molecule has 2 aromatic rings. The zero-order chi connectivity index (χ0) is 18.5. The molecule has 1 aliphatic heterocycles. The van der Waals surface area contributed by atoms with E-state index in [0.717, 1.165) is 18.8 Å². The number of carbonyl (C=O) groups excluding carboxylic acids is 2. The van der Waals surface area contributed by atoms with Crippen molar-refractivity contribution >= 4 is 28.8 Å². The molecule has 3 rings (SSSR count). The van der Waals surface area contributed by atoms with E-state index < -0.39 is 6.04 Å². The number of nitrogens with one attached hydrogen (secondary N) is 1. The van der Waals surface area contributed by atoms with Gasteiger partial charge in [0.15, 0.2) is 0 Å². The van der Waals surface area contributed by atoms with Crippen molar-refractivity contribution in [2.24, 2.45) is 5.92 Å². The van der Waals surface area contributed by atoms with Gasteiger partial charge in [0.05, 0.1) is 4.88 Å². The SMILES string of the molecule is CC(C)C(NC(=O)c1cccs1)C(=O)N1CCN(c2ccncc2)CC1. The smallest absolute Gasteiger partial charge is 0.262 e. The van der Waals surface area contributed by atoms with Crippen LogP contribution >= 0.6 is 11.3 Å². The minimum atomic E-state index is -0.503. The summed E-state index contributed by atoms with van der Waals surface area (Å²) in [4.78, 5) is 34.1. The highest BCUT2D eigenvalue weighted by atomic mass is 32.1. The first-order chi connectivity index (χ1) is 12.6. The second kappa shape index (κ2) is 8.31.